The van der Waals surface area contributed by atoms with Crippen LogP contribution in [0, 0.1) is 0 Å². The molecule has 0 amide bonds. The van der Waals surface area contributed by atoms with Gasteiger partial charge in [0.15, 0.2) is 0 Å². The highest BCUT2D eigenvalue weighted by Crippen LogP contribution is 2.15. The molecule has 0 heterocycles. The third kappa shape index (κ3) is 13.5. The zero-order valence-electron chi connectivity index (χ0n) is 21.2. The molecule has 0 atom stereocenters. The molecule has 200 valence electrons. The fourth-order valence-electron chi connectivity index (χ4n) is 2.92. The summed E-state index contributed by atoms with van der Waals surface area (Å²) in [4.78, 5) is 37.8. The maximum absolute atomic E-state index is 12.6. The number of unbranched alkanes of at least 4 members (excludes halogenated alkanes) is 3. The van der Waals surface area contributed by atoms with E-state index in [0.717, 1.165) is 6.42 Å². The lowest BCUT2D eigenvalue weighted by atomic mass is 10.1. The number of carbonyl (C=O) groups is 3. The molecule has 1 rings (SSSR count). The van der Waals surface area contributed by atoms with E-state index in [1.165, 1.54) is 30.7 Å². The molecule has 0 saturated heterocycles. The van der Waals surface area contributed by atoms with E-state index in [1.54, 1.807) is 0 Å². The quantitative estimate of drug-likeness (QED) is 0.100. The van der Waals surface area contributed by atoms with Crippen molar-refractivity contribution in [3.63, 3.8) is 0 Å². The number of esters is 3. The molecule has 0 aliphatic heterocycles. The van der Waals surface area contributed by atoms with Crippen LogP contribution in [-0.4, -0.2) is 64.2 Å². The lowest BCUT2D eigenvalue weighted by molar-refractivity contribution is 0.0482. The van der Waals surface area contributed by atoms with Gasteiger partial charge in [0, 0.05) is 13.2 Å². The second-order valence-corrected chi connectivity index (χ2v) is 7.60. The standard InChI is InChI=1S/C27H38O9/c1-4-31-13-7-10-16-34-25(28)22-19-23(26(29)35-17-11-8-14-32-5-2)21-24(20-22)27(30)36-18-12-9-15-33-6-3/h4-5,19-21H,1-2,6-18H2,3H3. The Hall–Kier alpha value is -3.33. The van der Waals surface area contributed by atoms with Crippen LogP contribution < -0.4 is 0 Å². The second kappa shape index (κ2) is 19.9. The highest BCUT2D eigenvalue weighted by atomic mass is 16.5. The van der Waals surface area contributed by atoms with Crippen molar-refractivity contribution in [2.75, 3.05) is 46.2 Å². The maximum Gasteiger partial charge on any atom is 0.338 e. The molecule has 1 aromatic carbocycles. The summed E-state index contributed by atoms with van der Waals surface area (Å²) in [6.45, 7) is 11.5. The molecule has 0 aromatic heterocycles. The predicted molar refractivity (Wildman–Crippen MR) is 134 cm³/mol. The minimum absolute atomic E-state index is 0.0643. The normalized spacial score (nSPS) is 10.2. The lowest BCUT2D eigenvalue weighted by Crippen LogP contribution is -2.14. The van der Waals surface area contributed by atoms with Crippen LogP contribution in [0.25, 0.3) is 0 Å². The molecule has 1 aromatic rings. The first-order chi connectivity index (χ1) is 17.5. The summed E-state index contributed by atoms with van der Waals surface area (Å²) >= 11 is 0. The molecule has 0 fully saturated rings. The van der Waals surface area contributed by atoms with Crippen LogP contribution in [0.2, 0.25) is 0 Å². The molecule has 0 spiro atoms. The number of rotatable bonds is 21. The maximum atomic E-state index is 12.6. The predicted octanol–water partition coefficient (Wildman–Crippen LogP) is 4.85. The summed E-state index contributed by atoms with van der Waals surface area (Å²) in [5.41, 5.74) is 0.198. The number of ether oxygens (including phenoxy) is 6. The molecular formula is C27H38O9. The van der Waals surface area contributed by atoms with Crippen LogP contribution in [-0.2, 0) is 28.4 Å². The average molecular weight is 507 g/mol. The topological polar surface area (TPSA) is 107 Å². The summed E-state index contributed by atoms with van der Waals surface area (Å²) in [6.07, 6.45) is 6.64. The molecule has 36 heavy (non-hydrogen) atoms. The Kier molecular flexibility index (Phi) is 17.0. The van der Waals surface area contributed by atoms with Gasteiger partial charge in [-0.3, -0.25) is 0 Å². The summed E-state index contributed by atoms with van der Waals surface area (Å²) in [6, 6.07) is 4.06. The highest BCUT2D eigenvalue weighted by molar-refractivity contribution is 6.00. The van der Waals surface area contributed by atoms with Crippen LogP contribution in [0.4, 0.5) is 0 Å². The van der Waals surface area contributed by atoms with Crippen molar-refractivity contribution in [2.24, 2.45) is 0 Å². The van der Waals surface area contributed by atoms with Gasteiger partial charge in [-0.05, 0) is 63.6 Å². The van der Waals surface area contributed by atoms with Gasteiger partial charge >= 0.3 is 17.9 Å². The monoisotopic (exact) mass is 506 g/mol. The Bertz CT molecular complexity index is 769. The zero-order chi connectivity index (χ0) is 26.4. The van der Waals surface area contributed by atoms with Crippen LogP contribution >= 0.6 is 0 Å². The van der Waals surface area contributed by atoms with Gasteiger partial charge in [-0.15, -0.1) is 0 Å². The molecule has 0 aliphatic carbocycles. The first kappa shape index (κ1) is 30.7. The lowest BCUT2D eigenvalue weighted by Gasteiger charge is -2.11. The SMILES string of the molecule is C=COCCCCOC(=O)c1cc(C(=O)OCCCCOC=C)cc(C(=O)OCCCCOCC)c1. The summed E-state index contributed by atoms with van der Waals surface area (Å²) in [7, 11) is 0. The van der Waals surface area contributed by atoms with Gasteiger partial charge < -0.3 is 28.4 Å². The van der Waals surface area contributed by atoms with Gasteiger partial charge in [0.1, 0.15) is 0 Å². The minimum Gasteiger partial charge on any atom is -0.502 e. The molecule has 0 bridgehead atoms. The number of hydrogen-bond donors (Lipinski definition) is 0. The Morgan fingerprint density at radius 1 is 0.611 bits per heavy atom. The van der Waals surface area contributed by atoms with E-state index in [2.05, 4.69) is 13.2 Å². The van der Waals surface area contributed by atoms with Crippen molar-refractivity contribution in [1.82, 2.24) is 0 Å². The van der Waals surface area contributed by atoms with Crippen LogP contribution in [0.3, 0.4) is 0 Å². The molecule has 0 saturated carbocycles. The van der Waals surface area contributed by atoms with Crippen LogP contribution in [0.1, 0.15) is 76.5 Å². The first-order valence-electron chi connectivity index (χ1n) is 12.2. The molecule has 0 radical (unpaired) electrons. The van der Waals surface area contributed by atoms with Gasteiger partial charge in [0.05, 0.1) is 62.2 Å². The number of hydrogen-bond acceptors (Lipinski definition) is 9. The Morgan fingerprint density at radius 3 is 1.28 bits per heavy atom. The molecule has 9 heteroatoms. The van der Waals surface area contributed by atoms with E-state index in [-0.39, 0.29) is 36.5 Å². The molecule has 9 nitrogen and oxygen atoms in total. The van der Waals surface area contributed by atoms with Crippen molar-refractivity contribution in [3.8, 4) is 0 Å². The molecule has 0 unspecified atom stereocenters. The first-order valence-corrected chi connectivity index (χ1v) is 12.2. The molecule has 0 aliphatic rings. The van der Waals surface area contributed by atoms with E-state index in [1.807, 2.05) is 6.92 Å². The third-order valence-corrected chi connectivity index (χ3v) is 4.78. The number of benzene rings is 1. The van der Waals surface area contributed by atoms with Crippen LogP contribution in [0.15, 0.2) is 43.9 Å². The minimum atomic E-state index is -0.651. The van der Waals surface area contributed by atoms with E-state index in [4.69, 9.17) is 28.4 Å². The fraction of sp³-hybridized carbons (Fsp3) is 0.519. The largest absolute Gasteiger partial charge is 0.502 e. The van der Waals surface area contributed by atoms with Crippen molar-refractivity contribution in [2.45, 2.75) is 45.4 Å². The number of carbonyl (C=O) groups excluding carboxylic acids is 3. The molecule has 0 N–H and O–H groups in total. The van der Waals surface area contributed by atoms with Gasteiger partial charge in [0.2, 0.25) is 0 Å². The van der Waals surface area contributed by atoms with Crippen LogP contribution in [0.5, 0.6) is 0 Å². The van der Waals surface area contributed by atoms with Crippen molar-refractivity contribution in [1.29, 1.82) is 0 Å². The zero-order valence-corrected chi connectivity index (χ0v) is 21.2. The van der Waals surface area contributed by atoms with Gasteiger partial charge in [0.25, 0.3) is 0 Å². The van der Waals surface area contributed by atoms with Crippen molar-refractivity contribution >= 4 is 17.9 Å². The van der Waals surface area contributed by atoms with Gasteiger partial charge in [-0.25, -0.2) is 14.4 Å². The van der Waals surface area contributed by atoms with E-state index >= 15 is 0 Å². The summed E-state index contributed by atoms with van der Waals surface area (Å²) in [5.74, 6) is -1.94. The highest BCUT2D eigenvalue weighted by Gasteiger charge is 2.19. The Morgan fingerprint density at radius 2 is 0.944 bits per heavy atom. The summed E-state index contributed by atoms with van der Waals surface area (Å²) < 4.78 is 31.2. The van der Waals surface area contributed by atoms with Gasteiger partial charge in [-0.2, -0.15) is 0 Å². The average Bonchev–Trinajstić information content (AvgIpc) is 2.89. The van der Waals surface area contributed by atoms with E-state index in [9.17, 15) is 14.4 Å². The summed E-state index contributed by atoms with van der Waals surface area (Å²) in [5, 5.41) is 0. The third-order valence-electron chi connectivity index (χ3n) is 4.78. The molecular weight excluding hydrogens is 468 g/mol. The second-order valence-electron chi connectivity index (χ2n) is 7.60. The Labute approximate surface area is 213 Å². The fourth-order valence-corrected chi connectivity index (χ4v) is 2.92. The van der Waals surface area contributed by atoms with Gasteiger partial charge in [-0.1, -0.05) is 13.2 Å². The van der Waals surface area contributed by atoms with E-state index in [0.29, 0.717) is 58.5 Å². The van der Waals surface area contributed by atoms with E-state index < -0.39 is 17.9 Å². The van der Waals surface area contributed by atoms with Crippen molar-refractivity contribution in [3.05, 3.63) is 60.6 Å². The van der Waals surface area contributed by atoms with Crippen molar-refractivity contribution < 1.29 is 42.8 Å². The Balaban J connectivity index is 2.79. The smallest absolute Gasteiger partial charge is 0.338 e.